The average molecular weight is 298 g/mol. The first kappa shape index (κ1) is 10.7. The van der Waals surface area contributed by atoms with Crippen LogP contribution in [0.3, 0.4) is 0 Å². The molecule has 2 aromatic rings. The monoisotopic (exact) mass is 297 g/mol. The Bertz CT molecular complexity index is 525. The molecule has 0 aliphatic carbocycles. The number of rotatable bonds is 1. The lowest BCUT2D eigenvalue weighted by Gasteiger charge is -2.15. The standard InChI is InChI=1S/C11H13BrN3P/c12-7-3-4-8-9(6-7)14-11(13-8)10-2-1-5-15(10)16/h3-4,6,10H,1-2,5,16H2,(H,13,14)/t10-/m0/s1. The normalized spacial score (nSPS) is 22.0. The number of H-pyrrole nitrogens is 1. The summed E-state index contributed by atoms with van der Waals surface area (Å²) in [6.07, 6.45) is 2.43. The molecule has 0 bridgehead atoms. The maximum Gasteiger partial charge on any atom is 0.124 e. The van der Waals surface area contributed by atoms with Gasteiger partial charge in [0.1, 0.15) is 5.82 Å². The predicted octanol–water partition coefficient (Wildman–Crippen LogP) is 3.25. The number of fused-ring (bicyclic) bond motifs is 1. The van der Waals surface area contributed by atoms with Gasteiger partial charge in [-0.15, -0.1) is 0 Å². The molecule has 1 fully saturated rings. The highest BCUT2D eigenvalue weighted by Crippen LogP contribution is 2.33. The predicted molar refractivity (Wildman–Crippen MR) is 72.2 cm³/mol. The van der Waals surface area contributed by atoms with Gasteiger partial charge in [0.25, 0.3) is 0 Å². The fourth-order valence-electron chi connectivity index (χ4n) is 2.24. The summed E-state index contributed by atoms with van der Waals surface area (Å²) in [6.45, 7) is 1.13. The van der Waals surface area contributed by atoms with E-state index in [4.69, 9.17) is 0 Å². The van der Waals surface area contributed by atoms with Crippen molar-refractivity contribution in [3.8, 4) is 0 Å². The lowest BCUT2D eigenvalue weighted by Crippen LogP contribution is -2.12. The van der Waals surface area contributed by atoms with Gasteiger partial charge in [-0.25, -0.2) is 4.98 Å². The zero-order valence-corrected chi connectivity index (χ0v) is 11.5. The van der Waals surface area contributed by atoms with Crippen LogP contribution in [-0.4, -0.2) is 21.2 Å². The summed E-state index contributed by atoms with van der Waals surface area (Å²) in [5, 5.41) is 0. The van der Waals surface area contributed by atoms with Crippen LogP contribution in [0.15, 0.2) is 22.7 Å². The van der Waals surface area contributed by atoms with E-state index in [0.717, 1.165) is 27.9 Å². The Morgan fingerprint density at radius 2 is 2.38 bits per heavy atom. The van der Waals surface area contributed by atoms with Gasteiger partial charge >= 0.3 is 0 Å². The molecule has 3 rings (SSSR count). The molecule has 16 heavy (non-hydrogen) atoms. The molecule has 2 atom stereocenters. The highest BCUT2D eigenvalue weighted by atomic mass is 79.9. The van der Waals surface area contributed by atoms with Crippen LogP contribution >= 0.6 is 25.3 Å². The molecule has 0 saturated carbocycles. The number of hydrogen-bond acceptors (Lipinski definition) is 2. The number of imidazole rings is 1. The van der Waals surface area contributed by atoms with E-state index in [1.54, 1.807) is 0 Å². The number of nitrogens with zero attached hydrogens (tertiary/aromatic N) is 2. The zero-order valence-electron chi connectivity index (χ0n) is 8.78. The molecule has 3 nitrogen and oxygen atoms in total. The van der Waals surface area contributed by atoms with Crippen LogP contribution < -0.4 is 0 Å². The SMILES string of the molecule is PN1CCC[C@H]1c1nc2ccc(Br)cc2[nH]1. The van der Waals surface area contributed by atoms with Gasteiger partial charge < -0.3 is 4.98 Å². The molecule has 0 amide bonds. The van der Waals surface area contributed by atoms with Crippen molar-refractivity contribution in [2.75, 3.05) is 6.54 Å². The van der Waals surface area contributed by atoms with Gasteiger partial charge in [-0.1, -0.05) is 25.3 Å². The molecule has 84 valence electrons. The first-order chi connectivity index (χ1) is 7.74. The molecule has 2 heterocycles. The minimum absolute atomic E-state index is 0.427. The highest BCUT2D eigenvalue weighted by Gasteiger charge is 2.25. The fourth-order valence-corrected chi connectivity index (χ4v) is 3.08. The van der Waals surface area contributed by atoms with Crippen molar-refractivity contribution in [1.29, 1.82) is 0 Å². The topological polar surface area (TPSA) is 31.9 Å². The van der Waals surface area contributed by atoms with Crippen LogP contribution in [0, 0.1) is 0 Å². The largest absolute Gasteiger partial charge is 0.341 e. The highest BCUT2D eigenvalue weighted by molar-refractivity contribution is 9.10. The van der Waals surface area contributed by atoms with Gasteiger partial charge in [0.15, 0.2) is 0 Å². The van der Waals surface area contributed by atoms with Crippen molar-refractivity contribution in [3.05, 3.63) is 28.5 Å². The van der Waals surface area contributed by atoms with E-state index >= 15 is 0 Å². The quantitative estimate of drug-likeness (QED) is 0.820. The number of nitrogens with one attached hydrogen (secondary N) is 1. The minimum atomic E-state index is 0.427. The summed E-state index contributed by atoms with van der Waals surface area (Å²) in [7, 11) is 2.79. The Kier molecular flexibility index (Phi) is 2.74. The first-order valence-corrected chi connectivity index (χ1v) is 6.71. The zero-order chi connectivity index (χ0) is 11.1. The summed E-state index contributed by atoms with van der Waals surface area (Å²) in [5.74, 6) is 1.08. The molecule has 1 saturated heterocycles. The molecule has 0 radical (unpaired) electrons. The van der Waals surface area contributed by atoms with E-state index in [9.17, 15) is 0 Å². The maximum absolute atomic E-state index is 4.65. The average Bonchev–Trinajstić information content (AvgIpc) is 2.82. The van der Waals surface area contributed by atoms with Crippen LogP contribution in [0.5, 0.6) is 0 Å². The van der Waals surface area contributed by atoms with E-state index in [1.807, 2.05) is 12.1 Å². The van der Waals surface area contributed by atoms with Crippen molar-refractivity contribution >= 4 is 36.4 Å². The number of aromatic nitrogens is 2. The third-order valence-corrected chi connectivity index (χ3v) is 4.18. The molecular weight excluding hydrogens is 285 g/mol. The Hall–Kier alpha value is -0.440. The van der Waals surface area contributed by atoms with Crippen molar-refractivity contribution in [2.24, 2.45) is 0 Å². The van der Waals surface area contributed by atoms with Gasteiger partial charge in [-0.2, -0.15) is 0 Å². The van der Waals surface area contributed by atoms with E-state index in [1.165, 1.54) is 12.8 Å². The number of hydrogen-bond donors (Lipinski definition) is 1. The minimum Gasteiger partial charge on any atom is -0.341 e. The summed E-state index contributed by atoms with van der Waals surface area (Å²) in [6, 6.07) is 6.58. The van der Waals surface area contributed by atoms with E-state index in [-0.39, 0.29) is 0 Å². The molecule has 1 N–H and O–H groups in total. The molecule has 5 heteroatoms. The number of aromatic amines is 1. The van der Waals surface area contributed by atoms with Crippen LogP contribution in [0.4, 0.5) is 0 Å². The van der Waals surface area contributed by atoms with Crippen LogP contribution in [0.25, 0.3) is 11.0 Å². The molecule has 1 aliphatic rings. The molecule has 1 unspecified atom stereocenters. The van der Waals surface area contributed by atoms with Crippen LogP contribution in [0.1, 0.15) is 24.7 Å². The summed E-state index contributed by atoms with van der Waals surface area (Å²) < 4.78 is 3.37. The van der Waals surface area contributed by atoms with Crippen molar-refractivity contribution in [1.82, 2.24) is 14.6 Å². The molecule has 0 spiro atoms. The Morgan fingerprint density at radius 1 is 1.50 bits per heavy atom. The molecule has 1 aromatic heterocycles. The Morgan fingerprint density at radius 3 is 3.12 bits per heavy atom. The van der Waals surface area contributed by atoms with Gasteiger partial charge in [0.05, 0.1) is 17.1 Å². The first-order valence-electron chi connectivity index (χ1n) is 5.40. The Balaban J connectivity index is 2.04. The second-order valence-electron chi connectivity index (χ2n) is 4.18. The summed E-state index contributed by atoms with van der Waals surface area (Å²) in [5.41, 5.74) is 2.15. The van der Waals surface area contributed by atoms with Crippen LogP contribution in [-0.2, 0) is 0 Å². The molecule has 1 aromatic carbocycles. The lowest BCUT2D eigenvalue weighted by atomic mass is 10.2. The van der Waals surface area contributed by atoms with Gasteiger partial charge in [-0.3, -0.25) is 4.67 Å². The van der Waals surface area contributed by atoms with Crippen molar-refractivity contribution in [3.63, 3.8) is 0 Å². The third kappa shape index (κ3) is 1.79. The van der Waals surface area contributed by atoms with Crippen LogP contribution in [0.2, 0.25) is 0 Å². The van der Waals surface area contributed by atoms with Gasteiger partial charge in [0, 0.05) is 11.0 Å². The van der Waals surface area contributed by atoms with Crippen molar-refractivity contribution < 1.29 is 0 Å². The number of benzene rings is 1. The lowest BCUT2D eigenvalue weighted by molar-refractivity contribution is 0.434. The molecule has 1 aliphatic heterocycles. The maximum atomic E-state index is 4.65. The number of halogens is 1. The van der Waals surface area contributed by atoms with Gasteiger partial charge in [0.2, 0.25) is 0 Å². The van der Waals surface area contributed by atoms with Gasteiger partial charge in [-0.05, 0) is 31.0 Å². The smallest absolute Gasteiger partial charge is 0.124 e. The second kappa shape index (κ2) is 4.10. The van der Waals surface area contributed by atoms with Crippen molar-refractivity contribution in [2.45, 2.75) is 18.9 Å². The van der Waals surface area contributed by atoms with E-state index < -0.39 is 0 Å². The summed E-state index contributed by atoms with van der Waals surface area (Å²) in [4.78, 5) is 8.07. The second-order valence-corrected chi connectivity index (χ2v) is 5.76. The third-order valence-electron chi connectivity index (χ3n) is 3.07. The van der Waals surface area contributed by atoms with E-state index in [0.29, 0.717) is 6.04 Å². The Labute approximate surface area is 105 Å². The molecular formula is C11H13BrN3P. The summed E-state index contributed by atoms with van der Waals surface area (Å²) >= 11 is 3.47. The fraction of sp³-hybridized carbons (Fsp3) is 0.364. The van der Waals surface area contributed by atoms with E-state index in [2.05, 4.69) is 46.0 Å².